The highest BCUT2D eigenvalue weighted by atomic mass is 19.1. The molecule has 0 aromatic carbocycles. The standard InChI is InChI=1S/C9H16FNO/c1-11(2)8(12)9(10)6-4-3-5-7-9/h3-7H2,1-2H3. The molecule has 1 saturated carbocycles. The molecule has 0 heterocycles. The van der Waals surface area contributed by atoms with Crippen molar-refractivity contribution >= 4 is 5.91 Å². The van der Waals surface area contributed by atoms with Crippen LogP contribution in [-0.2, 0) is 4.79 Å². The Labute approximate surface area is 72.7 Å². The molecule has 0 aliphatic heterocycles. The SMILES string of the molecule is CN(C)C(=O)C1(F)CCCCC1. The quantitative estimate of drug-likeness (QED) is 0.591. The Bertz CT molecular complexity index is 173. The zero-order valence-corrected chi connectivity index (χ0v) is 7.77. The maximum atomic E-state index is 13.8. The fourth-order valence-electron chi connectivity index (χ4n) is 1.73. The second-order valence-electron chi connectivity index (χ2n) is 3.73. The van der Waals surface area contributed by atoms with Crippen molar-refractivity contribution in [3.8, 4) is 0 Å². The lowest BCUT2D eigenvalue weighted by atomic mass is 9.85. The summed E-state index contributed by atoms with van der Waals surface area (Å²) >= 11 is 0. The van der Waals surface area contributed by atoms with Crippen LogP contribution in [0.15, 0.2) is 0 Å². The summed E-state index contributed by atoms with van der Waals surface area (Å²) in [6.07, 6.45) is 3.56. The molecule has 0 unspecified atom stereocenters. The molecule has 0 atom stereocenters. The molecule has 0 bridgehead atoms. The predicted octanol–water partition coefficient (Wildman–Crippen LogP) is 1.75. The highest BCUT2D eigenvalue weighted by Gasteiger charge is 2.40. The van der Waals surface area contributed by atoms with E-state index in [0.717, 1.165) is 19.3 Å². The van der Waals surface area contributed by atoms with Gasteiger partial charge in [-0.25, -0.2) is 4.39 Å². The molecule has 1 aliphatic carbocycles. The molecule has 3 heteroatoms. The first kappa shape index (κ1) is 9.49. The molecule has 1 rings (SSSR count). The molecule has 0 saturated heterocycles. The summed E-state index contributed by atoms with van der Waals surface area (Å²) in [4.78, 5) is 12.7. The van der Waals surface area contributed by atoms with Gasteiger partial charge in [0, 0.05) is 14.1 Å². The lowest BCUT2D eigenvalue weighted by Gasteiger charge is -2.30. The number of alkyl halides is 1. The summed E-state index contributed by atoms with van der Waals surface area (Å²) in [7, 11) is 3.22. The van der Waals surface area contributed by atoms with Gasteiger partial charge in [-0.05, 0) is 25.7 Å². The highest BCUT2D eigenvalue weighted by molar-refractivity contribution is 5.84. The van der Waals surface area contributed by atoms with Crippen LogP contribution in [0.5, 0.6) is 0 Å². The van der Waals surface area contributed by atoms with Gasteiger partial charge in [-0.3, -0.25) is 4.79 Å². The smallest absolute Gasteiger partial charge is 0.259 e. The molecule has 1 aliphatic rings. The number of halogens is 1. The second kappa shape index (κ2) is 3.42. The highest BCUT2D eigenvalue weighted by Crippen LogP contribution is 2.32. The molecule has 12 heavy (non-hydrogen) atoms. The third kappa shape index (κ3) is 1.76. The lowest BCUT2D eigenvalue weighted by molar-refractivity contribution is -0.143. The second-order valence-corrected chi connectivity index (χ2v) is 3.73. The van der Waals surface area contributed by atoms with Gasteiger partial charge >= 0.3 is 0 Å². The Hall–Kier alpha value is -0.600. The number of nitrogens with zero attached hydrogens (tertiary/aromatic N) is 1. The molecule has 0 aromatic heterocycles. The molecule has 2 nitrogen and oxygen atoms in total. The number of amides is 1. The summed E-state index contributed by atoms with van der Waals surface area (Å²) < 4.78 is 13.8. The van der Waals surface area contributed by atoms with E-state index >= 15 is 0 Å². The van der Waals surface area contributed by atoms with E-state index in [1.807, 2.05) is 0 Å². The molecule has 0 aromatic rings. The van der Waals surface area contributed by atoms with E-state index in [1.165, 1.54) is 4.90 Å². The van der Waals surface area contributed by atoms with E-state index in [2.05, 4.69) is 0 Å². The molecule has 1 fully saturated rings. The van der Waals surface area contributed by atoms with Crippen molar-refractivity contribution in [2.45, 2.75) is 37.8 Å². The fourth-order valence-corrected chi connectivity index (χ4v) is 1.73. The Balaban J connectivity index is 2.62. The molecule has 1 amide bonds. The van der Waals surface area contributed by atoms with Gasteiger partial charge in [-0.2, -0.15) is 0 Å². The van der Waals surface area contributed by atoms with Crippen molar-refractivity contribution in [1.82, 2.24) is 4.90 Å². The van der Waals surface area contributed by atoms with Crippen LogP contribution in [0, 0.1) is 0 Å². The van der Waals surface area contributed by atoms with Crippen LogP contribution in [-0.4, -0.2) is 30.6 Å². The normalized spacial score (nSPS) is 21.9. The van der Waals surface area contributed by atoms with Crippen LogP contribution in [0.1, 0.15) is 32.1 Å². The van der Waals surface area contributed by atoms with Gasteiger partial charge in [0.15, 0.2) is 5.67 Å². The van der Waals surface area contributed by atoms with Crippen LogP contribution < -0.4 is 0 Å². The molecule has 0 radical (unpaired) electrons. The van der Waals surface area contributed by atoms with Crippen molar-refractivity contribution in [3.05, 3.63) is 0 Å². The third-order valence-corrected chi connectivity index (χ3v) is 2.44. The largest absolute Gasteiger partial charge is 0.346 e. The summed E-state index contributed by atoms with van der Waals surface area (Å²) in [5, 5.41) is 0. The van der Waals surface area contributed by atoms with Crippen molar-refractivity contribution < 1.29 is 9.18 Å². The van der Waals surface area contributed by atoms with Crippen molar-refractivity contribution in [2.24, 2.45) is 0 Å². The fraction of sp³-hybridized carbons (Fsp3) is 0.889. The Morgan fingerprint density at radius 3 is 2.17 bits per heavy atom. The number of hydrogen-bond acceptors (Lipinski definition) is 1. The molecule has 0 N–H and O–H groups in total. The number of carbonyl (C=O) groups excluding carboxylic acids is 1. The van der Waals surface area contributed by atoms with E-state index < -0.39 is 5.67 Å². The zero-order chi connectivity index (χ0) is 9.19. The minimum absolute atomic E-state index is 0.359. The molecule has 0 spiro atoms. The summed E-state index contributed by atoms with van der Waals surface area (Å²) in [6.45, 7) is 0. The maximum Gasteiger partial charge on any atom is 0.259 e. The molecule has 70 valence electrons. The van der Waals surface area contributed by atoms with Gasteiger partial charge in [0.25, 0.3) is 5.91 Å². The van der Waals surface area contributed by atoms with E-state index in [0.29, 0.717) is 12.8 Å². The minimum atomic E-state index is -1.55. The van der Waals surface area contributed by atoms with Crippen LogP contribution in [0.3, 0.4) is 0 Å². The predicted molar refractivity (Wildman–Crippen MR) is 45.6 cm³/mol. The van der Waals surface area contributed by atoms with E-state index in [-0.39, 0.29) is 5.91 Å². The van der Waals surface area contributed by atoms with Crippen LogP contribution in [0.4, 0.5) is 4.39 Å². The van der Waals surface area contributed by atoms with E-state index in [9.17, 15) is 9.18 Å². The molecular weight excluding hydrogens is 157 g/mol. The number of rotatable bonds is 1. The van der Waals surface area contributed by atoms with Gasteiger partial charge in [0.1, 0.15) is 0 Å². The van der Waals surface area contributed by atoms with Gasteiger partial charge in [0.2, 0.25) is 0 Å². The first-order chi connectivity index (χ1) is 5.56. The topological polar surface area (TPSA) is 20.3 Å². The van der Waals surface area contributed by atoms with Gasteiger partial charge in [-0.1, -0.05) is 6.42 Å². The van der Waals surface area contributed by atoms with E-state index in [4.69, 9.17) is 0 Å². The zero-order valence-electron chi connectivity index (χ0n) is 7.77. The summed E-state index contributed by atoms with van der Waals surface area (Å²) in [5.74, 6) is -0.359. The third-order valence-electron chi connectivity index (χ3n) is 2.44. The summed E-state index contributed by atoms with van der Waals surface area (Å²) in [6, 6.07) is 0. The van der Waals surface area contributed by atoms with Crippen LogP contribution >= 0.6 is 0 Å². The van der Waals surface area contributed by atoms with Gasteiger partial charge in [-0.15, -0.1) is 0 Å². The Morgan fingerprint density at radius 1 is 1.25 bits per heavy atom. The Morgan fingerprint density at radius 2 is 1.75 bits per heavy atom. The van der Waals surface area contributed by atoms with Crippen molar-refractivity contribution in [1.29, 1.82) is 0 Å². The maximum absolute atomic E-state index is 13.8. The van der Waals surface area contributed by atoms with Crippen LogP contribution in [0.25, 0.3) is 0 Å². The average molecular weight is 173 g/mol. The van der Waals surface area contributed by atoms with Crippen molar-refractivity contribution in [3.63, 3.8) is 0 Å². The lowest BCUT2D eigenvalue weighted by Crippen LogP contribution is -2.43. The average Bonchev–Trinajstić information content (AvgIpc) is 2.04. The van der Waals surface area contributed by atoms with Crippen LogP contribution in [0.2, 0.25) is 0 Å². The molecular formula is C9H16FNO. The van der Waals surface area contributed by atoms with Gasteiger partial charge < -0.3 is 4.90 Å². The Kier molecular flexibility index (Phi) is 2.70. The monoisotopic (exact) mass is 173 g/mol. The number of hydrogen-bond donors (Lipinski definition) is 0. The first-order valence-corrected chi connectivity index (χ1v) is 4.47. The number of carbonyl (C=O) groups is 1. The van der Waals surface area contributed by atoms with E-state index in [1.54, 1.807) is 14.1 Å². The van der Waals surface area contributed by atoms with Gasteiger partial charge in [0.05, 0.1) is 0 Å². The van der Waals surface area contributed by atoms with Crippen molar-refractivity contribution in [2.75, 3.05) is 14.1 Å². The minimum Gasteiger partial charge on any atom is -0.346 e. The summed E-state index contributed by atoms with van der Waals surface area (Å²) in [5.41, 5.74) is -1.55. The first-order valence-electron chi connectivity index (χ1n) is 4.47.